The Morgan fingerprint density at radius 2 is 1.56 bits per heavy atom. The van der Waals surface area contributed by atoms with E-state index in [1.54, 1.807) is 62.2 Å². The Morgan fingerprint density at radius 1 is 0.813 bits per heavy atom. The molecule has 2 aromatic heterocycles. The van der Waals surface area contributed by atoms with E-state index in [0.29, 0.717) is 47.1 Å². The van der Waals surface area contributed by atoms with Crippen LogP contribution in [-0.2, 0) is 37.9 Å². The highest BCUT2D eigenvalue weighted by Gasteiger charge is 2.41. The predicted molar refractivity (Wildman–Crippen MR) is 280 cm³/mol. The largest absolute Gasteiger partial charge is 0.457 e. The molecule has 3 aromatic carbocycles. The number of aryl methyl sites for hydroxylation is 1. The fraction of sp³-hybridized carbons (Fsp3) is 0.415. The second-order valence-corrected chi connectivity index (χ2v) is 22.4. The number of hydrogen-bond donors (Lipinski definition) is 7. The lowest BCUT2D eigenvalue weighted by Crippen LogP contribution is -2.52. The van der Waals surface area contributed by atoms with Crippen LogP contribution in [0, 0.1) is 0 Å². The molecule has 0 bridgehead atoms. The zero-order valence-electron chi connectivity index (χ0n) is 42.5. The minimum absolute atomic E-state index is 0.00922. The number of alkyl carbamates (subject to hydrolysis) is 1. The van der Waals surface area contributed by atoms with Crippen molar-refractivity contribution in [3.63, 3.8) is 0 Å². The van der Waals surface area contributed by atoms with Crippen molar-refractivity contribution in [3.05, 3.63) is 106 Å². The van der Waals surface area contributed by atoms with Gasteiger partial charge in [-0.15, -0.1) is 0 Å². The molecule has 6 amide bonds. The molecule has 9 rings (SSSR count). The Bertz CT molecular complexity index is 3250. The summed E-state index contributed by atoms with van der Waals surface area (Å²) in [6.45, 7) is 7.23. The average Bonchev–Trinajstić information content (AvgIpc) is 4.10. The standard InChI is InChI=1S/C53H62N10O11S/c1-53(2,3)74-52(70)55-21-20-54-48(66)42-26-36-38(28-61(4)51(69)46(36)58-42)35-25-41(60-75(5,71)72)37(27-44(35)73-33-10-7-6-8-11-33)47(65)57-31-14-15-32(24-31)62-22-18-30(19-23-62)56-40-13-9-12-34-39(40)29-63(50(34)68)43-16-17-45(64)59-49(43)67/h6-13,25-28,30-32,43,56,58,60H,14-24,29H2,1-5H3,(H,54,66)(H,55,70)(H,57,65)(H,59,64,67)/t31-,32?,43?/m0/s1. The lowest BCUT2D eigenvalue weighted by molar-refractivity contribution is -0.136. The number of rotatable bonds is 15. The Labute approximate surface area is 433 Å². The number of sulfonamides is 1. The van der Waals surface area contributed by atoms with Crippen molar-refractivity contribution in [1.82, 2.24) is 40.6 Å². The summed E-state index contributed by atoms with van der Waals surface area (Å²) in [7, 11) is -2.42. The number of hydrogen-bond acceptors (Lipinski definition) is 13. The highest BCUT2D eigenvalue weighted by atomic mass is 32.2. The topological polar surface area (TPSA) is 271 Å². The minimum Gasteiger partial charge on any atom is -0.457 e. The number of amides is 6. The molecular formula is C53H62N10O11S. The molecule has 3 atom stereocenters. The predicted octanol–water partition coefficient (Wildman–Crippen LogP) is 4.94. The van der Waals surface area contributed by atoms with Crippen molar-refractivity contribution in [2.24, 2.45) is 7.05 Å². The van der Waals surface area contributed by atoms with E-state index < -0.39 is 51.0 Å². The lowest BCUT2D eigenvalue weighted by atomic mass is 9.98. The summed E-state index contributed by atoms with van der Waals surface area (Å²) in [5.74, 6) is -1.48. The van der Waals surface area contributed by atoms with E-state index in [-0.39, 0.29) is 84.2 Å². The number of nitrogens with zero attached hydrogens (tertiary/aromatic N) is 3. The number of benzene rings is 3. The number of pyridine rings is 1. The summed E-state index contributed by atoms with van der Waals surface area (Å²) in [6, 6.07) is 18.3. The molecule has 75 heavy (non-hydrogen) atoms. The summed E-state index contributed by atoms with van der Waals surface area (Å²) >= 11 is 0. The lowest BCUT2D eigenvalue weighted by Gasteiger charge is -2.37. The quantitative estimate of drug-likeness (QED) is 0.0542. The van der Waals surface area contributed by atoms with Gasteiger partial charge in [-0.1, -0.05) is 24.3 Å². The van der Waals surface area contributed by atoms with Gasteiger partial charge in [-0.05, 0) is 102 Å². The number of ether oxygens (including phenoxy) is 2. The maximum atomic E-state index is 14.5. The van der Waals surface area contributed by atoms with E-state index >= 15 is 0 Å². The van der Waals surface area contributed by atoms with Crippen LogP contribution >= 0.6 is 0 Å². The third-order valence-electron chi connectivity index (χ3n) is 13.9. The molecule has 2 unspecified atom stereocenters. The summed E-state index contributed by atoms with van der Waals surface area (Å²) in [5, 5.41) is 14.8. The van der Waals surface area contributed by atoms with Crippen molar-refractivity contribution in [2.45, 2.75) is 102 Å². The van der Waals surface area contributed by atoms with Crippen LogP contribution in [-0.4, -0.2) is 126 Å². The van der Waals surface area contributed by atoms with E-state index in [9.17, 15) is 42.0 Å². The number of nitrogens with one attached hydrogen (secondary N) is 7. The van der Waals surface area contributed by atoms with Gasteiger partial charge in [0, 0.05) is 104 Å². The number of aromatic nitrogens is 2. The van der Waals surface area contributed by atoms with Gasteiger partial charge in [0.05, 0.1) is 17.5 Å². The number of fused-ring (bicyclic) bond motifs is 2. The highest BCUT2D eigenvalue weighted by Crippen LogP contribution is 2.41. The van der Waals surface area contributed by atoms with Crippen LogP contribution in [0.2, 0.25) is 0 Å². The van der Waals surface area contributed by atoms with Crippen molar-refractivity contribution in [2.75, 3.05) is 42.5 Å². The van der Waals surface area contributed by atoms with Gasteiger partial charge in [0.1, 0.15) is 34.4 Å². The molecule has 5 heterocycles. The molecule has 21 nitrogen and oxygen atoms in total. The Balaban J connectivity index is 0.900. The monoisotopic (exact) mass is 1050 g/mol. The molecule has 1 aliphatic carbocycles. The minimum atomic E-state index is -3.96. The fourth-order valence-electron chi connectivity index (χ4n) is 10.4. The number of aromatic amines is 1. The van der Waals surface area contributed by atoms with E-state index in [1.165, 1.54) is 29.8 Å². The smallest absolute Gasteiger partial charge is 0.407 e. The van der Waals surface area contributed by atoms with Crippen LogP contribution < -0.4 is 41.6 Å². The number of imide groups is 1. The first kappa shape index (κ1) is 52.2. The average molecular weight is 1050 g/mol. The first-order valence-electron chi connectivity index (χ1n) is 25.1. The second kappa shape index (κ2) is 21.3. The van der Waals surface area contributed by atoms with Gasteiger partial charge in [0.2, 0.25) is 21.8 Å². The molecule has 0 radical (unpaired) electrons. The molecular weight excluding hydrogens is 985 g/mol. The SMILES string of the molecule is Cn1cc(-c2cc(NS(C)(=O)=O)c(C(=O)N[C@H]3CCC(N4CCC(Nc5cccc6c5CN(C5CCC(=O)NC5=O)C6=O)CC4)C3)cc2Oc2ccccc2)c2cc(C(=O)NCCNC(=O)OC(C)(C)C)[nH]c2c1=O. The van der Waals surface area contributed by atoms with E-state index in [0.717, 1.165) is 49.9 Å². The van der Waals surface area contributed by atoms with E-state index in [4.69, 9.17) is 9.47 Å². The van der Waals surface area contributed by atoms with Crippen LogP contribution in [0.25, 0.3) is 22.0 Å². The maximum absolute atomic E-state index is 14.5. The number of H-pyrrole nitrogens is 1. The van der Waals surface area contributed by atoms with Gasteiger partial charge in [0.25, 0.3) is 23.3 Å². The molecule has 5 aromatic rings. The van der Waals surface area contributed by atoms with Crippen LogP contribution in [0.5, 0.6) is 11.5 Å². The van der Waals surface area contributed by atoms with E-state index in [2.05, 4.69) is 41.2 Å². The molecule has 2 saturated heterocycles. The fourth-order valence-corrected chi connectivity index (χ4v) is 11.0. The number of likely N-dealkylation sites (tertiary alicyclic amines) is 1. The summed E-state index contributed by atoms with van der Waals surface area (Å²) in [6.07, 6.45) is 6.27. The number of carbonyl (C=O) groups excluding carboxylic acids is 6. The van der Waals surface area contributed by atoms with Gasteiger partial charge in [-0.3, -0.25) is 38.8 Å². The zero-order chi connectivity index (χ0) is 53.3. The molecule has 22 heteroatoms. The van der Waals surface area contributed by atoms with Gasteiger partial charge in [-0.25, -0.2) is 13.2 Å². The molecule has 396 valence electrons. The normalized spacial score (nSPS) is 19.3. The Kier molecular flexibility index (Phi) is 14.8. The molecule has 1 saturated carbocycles. The first-order chi connectivity index (χ1) is 35.7. The Hall–Kier alpha value is -7.72. The van der Waals surface area contributed by atoms with Crippen LogP contribution in [0.4, 0.5) is 16.2 Å². The van der Waals surface area contributed by atoms with Gasteiger partial charge >= 0.3 is 6.09 Å². The van der Waals surface area contributed by atoms with E-state index in [1.807, 2.05) is 18.2 Å². The number of carbonyl (C=O) groups is 6. The second-order valence-electron chi connectivity index (χ2n) is 20.6. The highest BCUT2D eigenvalue weighted by molar-refractivity contribution is 7.92. The van der Waals surface area contributed by atoms with Crippen LogP contribution in [0.1, 0.15) is 102 Å². The first-order valence-corrected chi connectivity index (χ1v) is 27.0. The van der Waals surface area contributed by atoms with Gasteiger partial charge in [-0.2, -0.15) is 0 Å². The van der Waals surface area contributed by atoms with Gasteiger partial charge in [0.15, 0.2) is 0 Å². The van der Waals surface area contributed by atoms with Gasteiger partial charge < -0.3 is 50.1 Å². The van der Waals surface area contributed by atoms with Crippen molar-refractivity contribution in [3.8, 4) is 22.6 Å². The third kappa shape index (κ3) is 12.0. The van der Waals surface area contributed by atoms with Crippen molar-refractivity contribution < 1.29 is 46.7 Å². The summed E-state index contributed by atoms with van der Waals surface area (Å²) < 4.78 is 41.6. The van der Waals surface area contributed by atoms with Crippen molar-refractivity contribution in [1.29, 1.82) is 0 Å². The number of piperidine rings is 2. The number of anilines is 2. The zero-order valence-corrected chi connectivity index (χ0v) is 43.3. The summed E-state index contributed by atoms with van der Waals surface area (Å²) in [4.78, 5) is 98.4. The molecule has 4 aliphatic rings. The number of para-hydroxylation sites is 1. The van der Waals surface area contributed by atoms with Crippen LogP contribution in [0.15, 0.2) is 77.7 Å². The third-order valence-corrected chi connectivity index (χ3v) is 14.5. The molecule has 7 N–H and O–H groups in total. The van der Waals surface area contributed by atoms with Crippen molar-refractivity contribution >= 4 is 67.9 Å². The Morgan fingerprint density at radius 3 is 2.28 bits per heavy atom. The molecule has 0 spiro atoms. The van der Waals surface area contributed by atoms with Crippen LogP contribution in [0.3, 0.4) is 0 Å². The molecule has 3 fully saturated rings. The summed E-state index contributed by atoms with van der Waals surface area (Å²) in [5.41, 5.74) is 1.94. The molecule has 3 aliphatic heterocycles. The maximum Gasteiger partial charge on any atom is 0.407 e.